The molecule has 3 unspecified atom stereocenters. The van der Waals surface area contributed by atoms with E-state index in [0.29, 0.717) is 18.2 Å². The van der Waals surface area contributed by atoms with E-state index in [9.17, 15) is 4.79 Å². The summed E-state index contributed by atoms with van der Waals surface area (Å²) in [4.78, 5) is 18.4. The minimum atomic E-state index is 0. The normalized spacial score (nSPS) is 30.3. The van der Waals surface area contributed by atoms with Crippen molar-refractivity contribution < 1.29 is 9.53 Å². The maximum absolute atomic E-state index is 12.1. The van der Waals surface area contributed by atoms with Gasteiger partial charge in [-0.15, -0.1) is 24.0 Å². The maximum atomic E-state index is 12.1. The van der Waals surface area contributed by atoms with Crippen LogP contribution in [0.15, 0.2) is 4.99 Å². The Morgan fingerprint density at radius 2 is 2.09 bits per heavy atom. The van der Waals surface area contributed by atoms with E-state index in [0.717, 1.165) is 51.3 Å². The summed E-state index contributed by atoms with van der Waals surface area (Å²) >= 11 is 0. The van der Waals surface area contributed by atoms with Gasteiger partial charge in [0.15, 0.2) is 5.96 Å². The summed E-state index contributed by atoms with van der Waals surface area (Å²) in [6, 6.07) is 0.337. The molecule has 0 spiro atoms. The van der Waals surface area contributed by atoms with Crippen LogP contribution in [0, 0.1) is 0 Å². The summed E-state index contributed by atoms with van der Waals surface area (Å²) in [7, 11) is 0. The number of ether oxygens (including phenoxy) is 1. The van der Waals surface area contributed by atoms with E-state index in [2.05, 4.69) is 15.6 Å². The lowest BCUT2D eigenvalue weighted by atomic mass is 9.96. The van der Waals surface area contributed by atoms with Crippen molar-refractivity contribution in [1.82, 2.24) is 15.5 Å². The lowest BCUT2D eigenvalue weighted by molar-refractivity contribution is -0.128. The average molecular weight is 422 g/mol. The molecule has 3 heterocycles. The predicted molar refractivity (Wildman–Crippen MR) is 96.6 cm³/mol. The number of fused-ring (bicyclic) bond motifs is 2. The van der Waals surface area contributed by atoms with Gasteiger partial charge in [0.1, 0.15) is 6.54 Å². The van der Waals surface area contributed by atoms with Crippen LogP contribution in [0.25, 0.3) is 0 Å². The molecule has 0 aromatic heterocycles. The van der Waals surface area contributed by atoms with Gasteiger partial charge in [-0.25, -0.2) is 4.99 Å². The van der Waals surface area contributed by atoms with Crippen LogP contribution in [0.5, 0.6) is 0 Å². The molecule has 2 N–H and O–H groups in total. The van der Waals surface area contributed by atoms with Gasteiger partial charge in [0, 0.05) is 19.6 Å². The second-order valence-electron chi connectivity index (χ2n) is 6.14. The van der Waals surface area contributed by atoms with Gasteiger partial charge in [-0.05, 0) is 39.0 Å². The number of amides is 1. The number of carbonyl (C=O) groups excluding carboxylic acids is 1. The first-order chi connectivity index (χ1) is 10.3. The van der Waals surface area contributed by atoms with Crippen LogP contribution in [0.2, 0.25) is 0 Å². The zero-order chi connectivity index (χ0) is 14.7. The van der Waals surface area contributed by atoms with Crippen LogP contribution in [0.1, 0.15) is 39.0 Å². The lowest BCUT2D eigenvalue weighted by Crippen LogP contribution is -2.47. The second-order valence-corrected chi connectivity index (χ2v) is 6.14. The molecule has 3 fully saturated rings. The summed E-state index contributed by atoms with van der Waals surface area (Å²) in [6.45, 7) is 4.84. The molecule has 3 saturated heterocycles. The minimum absolute atomic E-state index is 0. The number of hydrogen-bond donors (Lipinski definition) is 2. The van der Waals surface area contributed by atoms with Crippen molar-refractivity contribution in [1.29, 1.82) is 0 Å². The van der Waals surface area contributed by atoms with E-state index in [-0.39, 0.29) is 36.4 Å². The molecule has 0 aromatic rings. The SMILES string of the molecule is CCNC(=NCC(=O)N1CCCC1)NC1CC2CCC1O2.I. The minimum Gasteiger partial charge on any atom is -0.373 e. The molecular formula is C15H27IN4O2. The van der Waals surface area contributed by atoms with Gasteiger partial charge < -0.3 is 20.3 Å². The fourth-order valence-corrected chi connectivity index (χ4v) is 3.50. The summed E-state index contributed by atoms with van der Waals surface area (Å²) in [6.07, 6.45) is 6.34. The summed E-state index contributed by atoms with van der Waals surface area (Å²) in [5.74, 6) is 0.875. The Bertz CT molecular complexity index is 412. The van der Waals surface area contributed by atoms with Crippen LogP contribution in [-0.4, -0.2) is 61.2 Å². The number of aliphatic imine (C=N–C) groups is 1. The molecule has 0 radical (unpaired) electrons. The van der Waals surface area contributed by atoms with Crippen LogP contribution < -0.4 is 10.6 Å². The molecule has 0 saturated carbocycles. The monoisotopic (exact) mass is 422 g/mol. The summed E-state index contributed by atoms with van der Waals surface area (Å²) in [5.41, 5.74) is 0. The Labute approximate surface area is 149 Å². The quantitative estimate of drug-likeness (QED) is 0.405. The molecule has 1 amide bonds. The highest BCUT2D eigenvalue weighted by atomic mass is 127. The van der Waals surface area contributed by atoms with Crippen molar-refractivity contribution in [2.24, 2.45) is 4.99 Å². The third kappa shape index (κ3) is 4.24. The number of halogens is 1. The Kier molecular flexibility index (Phi) is 6.73. The molecule has 126 valence electrons. The van der Waals surface area contributed by atoms with E-state index >= 15 is 0 Å². The molecule has 3 atom stereocenters. The number of guanidine groups is 1. The Morgan fingerprint density at radius 1 is 1.32 bits per heavy atom. The van der Waals surface area contributed by atoms with E-state index in [1.54, 1.807) is 0 Å². The first kappa shape index (κ1) is 17.8. The van der Waals surface area contributed by atoms with Gasteiger partial charge in [0.25, 0.3) is 0 Å². The van der Waals surface area contributed by atoms with E-state index < -0.39 is 0 Å². The largest absolute Gasteiger partial charge is 0.373 e. The molecule has 3 rings (SSSR count). The fourth-order valence-electron chi connectivity index (χ4n) is 3.50. The lowest BCUT2D eigenvalue weighted by Gasteiger charge is -2.23. The van der Waals surface area contributed by atoms with Gasteiger partial charge in [-0.1, -0.05) is 0 Å². The van der Waals surface area contributed by atoms with Crippen molar-refractivity contribution in [2.75, 3.05) is 26.2 Å². The smallest absolute Gasteiger partial charge is 0.244 e. The third-order valence-electron chi connectivity index (χ3n) is 4.60. The number of rotatable bonds is 4. The first-order valence-electron chi connectivity index (χ1n) is 8.24. The maximum Gasteiger partial charge on any atom is 0.244 e. The van der Waals surface area contributed by atoms with Crippen LogP contribution in [0.4, 0.5) is 0 Å². The summed E-state index contributed by atoms with van der Waals surface area (Å²) in [5, 5.41) is 6.66. The van der Waals surface area contributed by atoms with Gasteiger partial charge in [0.2, 0.25) is 5.91 Å². The van der Waals surface area contributed by atoms with Crippen LogP contribution in [-0.2, 0) is 9.53 Å². The topological polar surface area (TPSA) is 66.0 Å². The van der Waals surface area contributed by atoms with Gasteiger partial charge >= 0.3 is 0 Å². The highest BCUT2D eigenvalue weighted by Crippen LogP contribution is 2.34. The van der Waals surface area contributed by atoms with E-state index in [1.165, 1.54) is 6.42 Å². The van der Waals surface area contributed by atoms with Crippen LogP contribution in [0.3, 0.4) is 0 Å². The Balaban J connectivity index is 0.00000176. The van der Waals surface area contributed by atoms with Crippen LogP contribution >= 0.6 is 24.0 Å². The Hall–Kier alpha value is -0.570. The van der Waals surface area contributed by atoms with E-state index in [1.807, 2.05) is 11.8 Å². The standard InChI is InChI=1S/C15H26N4O2.HI/c1-2-16-15(17-10-14(20)19-7-3-4-8-19)18-12-9-11-5-6-13(12)21-11;/h11-13H,2-10H2,1H3,(H2,16,17,18);1H. The second kappa shape index (κ2) is 8.33. The van der Waals surface area contributed by atoms with Crippen molar-refractivity contribution in [3.63, 3.8) is 0 Å². The highest BCUT2D eigenvalue weighted by molar-refractivity contribution is 14.0. The molecule has 0 aliphatic carbocycles. The average Bonchev–Trinajstić information content (AvgIpc) is 3.21. The van der Waals surface area contributed by atoms with Gasteiger partial charge in [0.05, 0.1) is 18.2 Å². The van der Waals surface area contributed by atoms with Crippen molar-refractivity contribution >= 4 is 35.8 Å². The first-order valence-corrected chi connectivity index (χ1v) is 8.24. The number of nitrogens with one attached hydrogen (secondary N) is 2. The number of carbonyl (C=O) groups is 1. The molecule has 7 heteroatoms. The number of likely N-dealkylation sites (tertiary alicyclic amines) is 1. The zero-order valence-corrected chi connectivity index (χ0v) is 15.5. The highest BCUT2D eigenvalue weighted by Gasteiger charge is 2.41. The molecule has 6 nitrogen and oxygen atoms in total. The Morgan fingerprint density at radius 3 is 2.68 bits per heavy atom. The number of hydrogen-bond acceptors (Lipinski definition) is 3. The fraction of sp³-hybridized carbons (Fsp3) is 0.867. The van der Waals surface area contributed by atoms with E-state index in [4.69, 9.17) is 4.74 Å². The van der Waals surface area contributed by atoms with Crippen molar-refractivity contribution in [3.05, 3.63) is 0 Å². The zero-order valence-electron chi connectivity index (χ0n) is 13.2. The third-order valence-corrected chi connectivity index (χ3v) is 4.60. The summed E-state index contributed by atoms with van der Waals surface area (Å²) < 4.78 is 5.85. The molecule has 2 bridgehead atoms. The van der Waals surface area contributed by atoms with Gasteiger partial charge in [-0.3, -0.25) is 4.79 Å². The molecule has 0 aromatic carbocycles. The molecule has 3 aliphatic heterocycles. The molecular weight excluding hydrogens is 395 g/mol. The molecule has 22 heavy (non-hydrogen) atoms. The van der Waals surface area contributed by atoms with Gasteiger partial charge in [-0.2, -0.15) is 0 Å². The molecule has 3 aliphatic rings. The van der Waals surface area contributed by atoms with Crippen molar-refractivity contribution in [3.8, 4) is 0 Å². The van der Waals surface area contributed by atoms with Crippen molar-refractivity contribution in [2.45, 2.75) is 57.3 Å². The number of nitrogens with zero attached hydrogens (tertiary/aromatic N) is 2. The predicted octanol–water partition coefficient (Wildman–Crippen LogP) is 1.10.